The van der Waals surface area contributed by atoms with E-state index in [2.05, 4.69) is 25.9 Å². The number of aromatic nitrogens is 2. The molecule has 0 aliphatic heterocycles. The number of rotatable bonds is 2. The summed E-state index contributed by atoms with van der Waals surface area (Å²) in [5.41, 5.74) is 0. The summed E-state index contributed by atoms with van der Waals surface area (Å²) in [6.07, 6.45) is 3.01. The second-order valence-corrected chi connectivity index (χ2v) is 3.55. The van der Waals surface area contributed by atoms with Gasteiger partial charge in [-0.05, 0) is 40.2 Å². The molecule has 0 aliphatic carbocycles. The second-order valence-electron chi connectivity index (χ2n) is 2.73. The van der Waals surface area contributed by atoms with Crippen molar-refractivity contribution >= 4 is 15.9 Å². The molecule has 0 aliphatic rings. The fourth-order valence-corrected chi connectivity index (χ4v) is 1.18. The third-order valence-electron chi connectivity index (χ3n) is 1.63. The van der Waals surface area contributed by atoms with Crippen LogP contribution in [0, 0.1) is 5.82 Å². The highest BCUT2D eigenvalue weighted by molar-refractivity contribution is 9.10. The monoisotopic (exact) mass is 268 g/mol. The first-order valence-electron chi connectivity index (χ1n) is 4.15. The Morgan fingerprint density at radius 3 is 2.40 bits per heavy atom. The number of hydrogen-bond acceptors (Lipinski definition) is 3. The lowest BCUT2D eigenvalue weighted by Gasteiger charge is -2.03. The van der Waals surface area contributed by atoms with Crippen molar-refractivity contribution < 1.29 is 9.13 Å². The molecule has 0 bridgehead atoms. The largest absolute Gasteiger partial charge is 0.438 e. The van der Waals surface area contributed by atoms with Crippen LogP contribution in [0.2, 0.25) is 0 Å². The van der Waals surface area contributed by atoms with Crippen molar-refractivity contribution in [1.82, 2.24) is 9.97 Å². The van der Waals surface area contributed by atoms with Gasteiger partial charge in [-0.1, -0.05) is 0 Å². The van der Waals surface area contributed by atoms with Gasteiger partial charge in [0.1, 0.15) is 16.2 Å². The van der Waals surface area contributed by atoms with Crippen molar-refractivity contribution in [3.63, 3.8) is 0 Å². The first kappa shape index (κ1) is 10.0. The lowest BCUT2D eigenvalue weighted by molar-refractivity contribution is 0.458. The molecule has 0 saturated carbocycles. The molecule has 15 heavy (non-hydrogen) atoms. The van der Waals surface area contributed by atoms with Crippen molar-refractivity contribution in [1.29, 1.82) is 0 Å². The van der Waals surface area contributed by atoms with Crippen molar-refractivity contribution in [2.75, 3.05) is 0 Å². The Kier molecular flexibility index (Phi) is 2.91. The van der Waals surface area contributed by atoms with E-state index in [0.717, 1.165) is 0 Å². The molecule has 0 N–H and O–H groups in total. The predicted octanol–water partition coefficient (Wildman–Crippen LogP) is 3.17. The fraction of sp³-hybridized carbons (Fsp3) is 0. The van der Waals surface area contributed by atoms with E-state index in [9.17, 15) is 4.39 Å². The summed E-state index contributed by atoms with van der Waals surface area (Å²) < 4.78 is 18.5. The predicted molar refractivity (Wildman–Crippen MR) is 56.2 cm³/mol. The standard InChI is InChI=1S/C10H6BrFN2O/c11-9-5-14-10(6-13-9)15-8-3-1-7(12)2-4-8/h1-6H. The van der Waals surface area contributed by atoms with E-state index < -0.39 is 0 Å². The van der Waals surface area contributed by atoms with Gasteiger partial charge < -0.3 is 4.74 Å². The van der Waals surface area contributed by atoms with Gasteiger partial charge in [-0.15, -0.1) is 0 Å². The Balaban J connectivity index is 2.15. The van der Waals surface area contributed by atoms with Crippen LogP contribution in [-0.4, -0.2) is 9.97 Å². The van der Waals surface area contributed by atoms with Gasteiger partial charge in [0, 0.05) is 0 Å². The Labute approximate surface area is 94.1 Å². The number of benzene rings is 1. The molecule has 1 aromatic heterocycles. The maximum atomic E-state index is 12.6. The Hall–Kier alpha value is -1.49. The minimum Gasteiger partial charge on any atom is -0.438 e. The number of nitrogens with zero attached hydrogens (tertiary/aromatic N) is 2. The molecule has 0 radical (unpaired) electrons. The van der Waals surface area contributed by atoms with Gasteiger partial charge in [0.15, 0.2) is 0 Å². The van der Waals surface area contributed by atoms with Crippen LogP contribution in [0.15, 0.2) is 41.3 Å². The van der Waals surface area contributed by atoms with Gasteiger partial charge in [-0.2, -0.15) is 0 Å². The summed E-state index contributed by atoms with van der Waals surface area (Å²) in [6.45, 7) is 0. The molecule has 3 nitrogen and oxygen atoms in total. The van der Waals surface area contributed by atoms with E-state index in [1.54, 1.807) is 0 Å². The van der Waals surface area contributed by atoms with E-state index in [0.29, 0.717) is 16.2 Å². The SMILES string of the molecule is Fc1ccc(Oc2cnc(Br)cn2)cc1. The number of ether oxygens (including phenoxy) is 1. The van der Waals surface area contributed by atoms with Crippen molar-refractivity contribution in [2.24, 2.45) is 0 Å². The van der Waals surface area contributed by atoms with Gasteiger partial charge >= 0.3 is 0 Å². The summed E-state index contributed by atoms with van der Waals surface area (Å²) in [4.78, 5) is 7.92. The van der Waals surface area contributed by atoms with Crippen LogP contribution < -0.4 is 4.74 Å². The van der Waals surface area contributed by atoms with Crippen molar-refractivity contribution in [3.8, 4) is 11.6 Å². The minimum atomic E-state index is -0.302. The second kappa shape index (κ2) is 4.35. The lowest BCUT2D eigenvalue weighted by Crippen LogP contribution is -1.89. The molecular formula is C10H6BrFN2O. The van der Waals surface area contributed by atoms with Crippen LogP contribution in [0.5, 0.6) is 11.6 Å². The molecule has 1 heterocycles. The van der Waals surface area contributed by atoms with Crippen LogP contribution in [0.1, 0.15) is 0 Å². The van der Waals surface area contributed by atoms with Gasteiger partial charge in [0.2, 0.25) is 5.88 Å². The molecule has 0 atom stereocenters. The van der Waals surface area contributed by atoms with E-state index >= 15 is 0 Å². The van der Waals surface area contributed by atoms with E-state index in [4.69, 9.17) is 4.74 Å². The van der Waals surface area contributed by atoms with E-state index in [1.807, 2.05) is 0 Å². The molecule has 0 saturated heterocycles. The smallest absolute Gasteiger partial charge is 0.237 e. The first-order chi connectivity index (χ1) is 7.24. The normalized spacial score (nSPS) is 10.0. The quantitative estimate of drug-likeness (QED) is 0.839. The van der Waals surface area contributed by atoms with E-state index in [-0.39, 0.29) is 5.82 Å². The van der Waals surface area contributed by atoms with Gasteiger partial charge in [0.05, 0.1) is 12.4 Å². The van der Waals surface area contributed by atoms with Crippen LogP contribution in [0.25, 0.3) is 0 Å². The third-order valence-corrected chi connectivity index (χ3v) is 2.04. The average molecular weight is 269 g/mol. The zero-order valence-electron chi connectivity index (χ0n) is 7.52. The Bertz CT molecular complexity index is 400. The summed E-state index contributed by atoms with van der Waals surface area (Å²) in [7, 11) is 0. The molecular weight excluding hydrogens is 263 g/mol. The third kappa shape index (κ3) is 2.73. The van der Waals surface area contributed by atoms with Gasteiger partial charge in [-0.25, -0.2) is 14.4 Å². The van der Waals surface area contributed by atoms with Crippen LogP contribution in [0.3, 0.4) is 0 Å². The molecule has 0 unspecified atom stereocenters. The number of hydrogen-bond donors (Lipinski definition) is 0. The maximum Gasteiger partial charge on any atom is 0.237 e. The van der Waals surface area contributed by atoms with E-state index in [1.165, 1.54) is 36.7 Å². The van der Waals surface area contributed by atoms with Gasteiger partial charge in [-0.3, -0.25) is 0 Å². The highest BCUT2D eigenvalue weighted by atomic mass is 79.9. The summed E-state index contributed by atoms with van der Waals surface area (Å²) in [6, 6.07) is 5.70. The molecule has 0 amide bonds. The Morgan fingerprint density at radius 1 is 1.07 bits per heavy atom. The summed E-state index contributed by atoms with van der Waals surface area (Å²) in [5.74, 6) is 0.585. The molecule has 2 rings (SSSR count). The fourth-order valence-electron chi connectivity index (χ4n) is 0.977. The molecule has 0 fully saturated rings. The molecule has 2 aromatic rings. The van der Waals surface area contributed by atoms with Crippen molar-refractivity contribution in [2.45, 2.75) is 0 Å². The highest BCUT2D eigenvalue weighted by Gasteiger charge is 1.99. The zero-order valence-corrected chi connectivity index (χ0v) is 9.11. The lowest BCUT2D eigenvalue weighted by atomic mass is 10.3. The summed E-state index contributed by atoms with van der Waals surface area (Å²) >= 11 is 3.16. The molecule has 5 heteroatoms. The number of halogens is 2. The minimum absolute atomic E-state index is 0.302. The van der Waals surface area contributed by atoms with Crippen LogP contribution >= 0.6 is 15.9 Å². The average Bonchev–Trinajstić information content (AvgIpc) is 2.25. The van der Waals surface area contributed by atoms with Crippen LogP contribution in [0.4, 0.5) is 4.39 Å². The molecule has 76 valence electrons. The van der Waals surface area contributed by atoms with Gasteiger partial charge in [0.25, 0.3) is 0 Å². The zero-order chi connectivity index (χ0) is 10.7. The molecule has 1 aromatic carbocycles. The first-order valence-corrected chi connectivity index (χ1v) is 4.94. The highest BCUT2D eigenvalue weighted by Crippen LogP contribution is 2.19. The van der Waals surface area contributed by atoms with Crippen LogP contribution in [-0.2, 0) is 0 Å². The summed E-state index contributed by atoms with van der Waals surface area (Å²) in [5, 5.41) is 0. The maximum absolute atomic E-state index is 12.6. The molecule has 0 spiro atoms. The Morgan fingerprint density at radius 2 is 1.80 bits per heavy atom. The topological polar surface area (TPSA) is 35.0 Å². The van der Waals surface area contributed by atoms with Crippen molar-refractivity contribution in [3.05, 3.63) is 47.1 Å².